The van der Waals surface area contributed by atoms with Gasteiger partial charge < -0.3 is 14.8 Å². The third kappa shape index (κ3) is 7.48. The summed E-state index contributed by atoms with van der Waals surface area (Å²) in [6.07, 6.45) is 1.16. The van der Waals surface area contributed by atoms with Crippen molar-refractivity contribution >= 4 is 23.7 Å². The molecule has 3 aromatic rings. The number of nitrogens with zero attached hydrogens (tertiary/aromatic N) is 1. The molecule has 0 saturated carbocycles. The third-order valence-corrected chi connectivity index (χ3v) is 4.89. The Balaban J connectivity index is 1.55. The Bertz CT molecular complexity index is 1170. The van der Waals surface area contributed by atoms with Crippen LogP contribution in [-0.2, 0) is 16.2 Å². The highest BCUT2D eigenvalue weighted by Crippen LogP contribution is 2.29. The van der Waals surface area contributed by atoms with Crippen molar-refractivity contribution < 1.29 is 19.1 Å². The van der Waals surface area contributed by atoms with Gasteiger partial charge in [-0.25, -0.2) is 5.43 Å². The third-order valence-electron chi connectivity index (χ3n) is 4.89. The van der Waals surface area contributed by atoms with Crippen LogP contribution >= 0.6 is 0 Å². The van der Waals surface area contributed by atoms with Crippen LogP contribution in [0.2, 0.25) is 0 Å². The van der Waals surface area contributed by atoms with Gasteiger partial charge in [0.15, 0.2) is 11.5 Å². The smallest absolute Gasteiger partial charge is 0.249 e. The van der Waals surface area contributed by atoms with Crippen molar-refractivity contribution in [1.29, 1.82) is 0 Å². The molecule has 0 heterocycles. The van der Waals surface area contributed by atoms with Gasteiger partial charge in [-0.2, -0.15) is 5.10 Å². The maximum absolute atomic E-state index is 12.1. The largest absolute Gasteiger partial charge is 0.490 e. The van der Waals surface area contributed by atoms with Crippen molar-refractivity contribution in [3.05, 3.63) is 89.0 Å². The topological polar surface area (TPSA) is 89.0 Å². The minimum atomic E-state index is -0.509. The summed E-state index contributed by atoms with van der Waals surface area (Å²) in [5.41, 5.74) is 6.94. The van der Waals surface area contributed by atoms with Crippen molar-refractivity contribution in [2.24, 2.45) is 5.10 Å². The van der Waals surface area contributed by atoms with Crippen LogP contribution in [0.4, 0.5) is 5.69 Å². The zero-order valence-electron chi connectivity index (χ0n) is 19.6. The molecule has 0 bridgehead atoms. The highest BCUT2D eigenvalue weighted by atomic mass is 16.5. The second kappa shape index (κ2) is 12.2. The Morgan fingerprint density at radius 1 is 0.912 bits per heavy atom. The molecule has 0 atom stereocenters. The fraction of sp³-hybridized carbons (Fsp3) is 0.222. The summed E-state index contributed by atoms with van der Waals surface area (Å²) in [5.74, 6) is 0.293. The average molecular weight is 460 g/mol. The number of amides is 2. The number of rotatable bonds is 10. The number of nitrogens with one attached hydrogen (secondary N) is 2. The summed E-state index contributed by atoms with van der Waals surface area (Å²) in [6.45, 7) is 6.73. The van der Waals surface area contributed by atoms with Gasteiger partial charge in [0.25, 0.3) is 0 Å². The van der Waals surface area contributed by atoms with Crippen LogP contribution in [-0.4, -0.2) is 24.6 Å². The molecule has 0 unspecified atom stereocenters. The van der Waals surface area contributed by atoms with E-state index in [-0.39, 0.29) is 6.42 Å². The molecule has 2 amide bonds. The number of para-hydroxylation sites is 1. The number of hydrogen-bond acceptors (Lipinski definition) is 5. The number of benzene rings is 3. The standard InChI is InChI=1S/C27H29N3O4/c1-4-33-25-15-21(12-13-24(25)34-18-22-10-7-8-19(2)14-22)17-28-30-27(32)16-26(31)29-23-11-6-5-9-20(23)3/h5-15,17H,4,16,18H2,1-3H3,(H,29,31)(H,30,32). The fourth-order valence-electron chi connectivity index (χ4n) is 3.23. The van der Waals surface area contributed by atoms with E-state index >= 15 is 0 Å². The molecule has 0 aromatic heterocycles. The summed E-state index contributed by atoms with van der Waals surface area (Å²) in [5, 5.41) is 6.67. The quantitative estimate of drug-likeness (QED) is 0.260. The summed E-state index contributed by atoms with van der Waals surface area (Å²) < 4.78 is 11.7. The Morgan fingerprint density at radius 3 is 2.50 bits per heavy atom. The SMILES string of the molecule is CCOc1cc(C=NNC(=O)CC(=O)Nc2ccccc2C)ccc1OCc1cccc(C)c1. The van der Waals surface area contributed by atoms with Crippen LogP contribution < -0.4 is 20.2 Å². The summed E-state index contributed by atoms with van der Waals surface area (Å²) in [7, 11) is 0. The maximum atomic E-state index is 12.1. The highest BCUT2D eigenvalue weighted by molar-refractivity contribution is 6.04. The Labute approximate surface area is 199 Å². The maximum Gasteiger partial charge on any atom is 0.249 e. The van der Waals surface area contributed by atoms with Gasteiger partial charge in [0, 0.05) is 5.69 Å². The van der Waals surface area contributed by atoms with Crippen molar-refractivity contribution in [3.63, 3.8) is 0 Å². The van der Waals surface area contributed by atoms with E-state index in [0.29, 0.717) is 30.4 Å². The van der Waals surface area contributed by atoms with E-state index in [1.807, 2.05) is 63.2 Å². The molecule has 7 heteroatoms. The molecule has 0 radical (unpaired) electrons. The molecule has 2 N–H and O–H groups in total. The molecule has 0 aliphatic heterocycles. The van der Waals surface area contributed by atoms with E-state index in [4.69, 9.17) is 9.47 Å². The molecule has 0 aliphatic carbocycles. The van der Waals surface area contributed by atoms with E-state index in [9.17, 15) is 9.59 Å². The average Bonchev–Trinajstić information content (AvgIpc) is 2.80. The van der Waals surface area contributed by atoms with E-state index < -0.39 is 11.8 Å². The lowest BCUT2D eigenvalue weighted by Crippen LogP contribution is -2.24. The highest BCUT2D eigenvalue weighted by Gasteiger charge is 2.10. The van der Waals surface area contributed by atoms with Crippen LogP contribution in [0.25, 0.3) is 0 Å². The lowest BCUT2D eigenvalue weighted by atomic mass is 10.1. The van der Waals surface area contributed by atoms with Crippen molar-refractivity contribution in [2.45, 2.75) is 33.8 Å². The van der Waals surface area contributed by atoms with Gasteiger partial charge in [-0.05, 0) is 61.7 Å². The number of ether oxygens (including phenoxy) is 2. The lowest BCUT2D eigenvalue weighted by molar-refractivity contribution is -0.126. The van der Waals surface area contributed by atoms with Crippen LogP contribution in [0.5, 0.6) is 11.5 Å². The van der Waals surface area contributed by atoms with Crippen LogP contribution in [0.3, 0.4) is 0 Å². The molecular formula is C27H29N3O4. The molecule has 3 aromatic carbocycles. The van der Waals surface area contributed by atoms with Gasteiger partial charge in [0.05, 0.1) is 12.8 Å². The van der Waals surface area contributed by atoms with E-state index in [2.05, 4.69) is 21.9 Å². The first kappa shape index (κ1) is 24.5. The zero-order valence-corrected chi connectivity index (χ0v) is 19.6. The Morgan fingerprint density at radius 2 is 1.74 bits per heavy atom. The minimum Gasteiger partial charge on any atom is -0.490 e. The molecule has 0 spiro atoms. The number of aryl methyl sites for hydroxylation is 2. The molecule has 3 rings (SSSR count). The van der Waals surface area contributed by atoms with E-state index in [1.54, 1.807) is 18.2 Å². The number of carbonyl (C=O) groups is 2. The molecule has 34 heavy (non-hydrogen) atoms. The van der Waals surface area contributed by atoms with Gasteiger partial charge in [-0.15, -0.1) is 0 Å². The molecule has 0 saturated heterocycles. The lowest BCUT2D eigenvalue weighted by Gasteiger charge is -2.13. The first-order chi connectivity index (χ1) is 16.4. The minimum absolute atomic E-state index is 0.332. The Hall–Kier alpha value is -4.13. The first-order valence-electron chi connectivity index (χ1n) is 11.1. The number of hydrogen-bond donors (Lipinski definition) is 2. The normalized spacial score (nSPS) is 10.7. The van der Waals surface area contributed by atoms with Gasteiger partial charge in [-0.3, -0.25) is 9.59 Å². The molecule has 0 aliphatic rings. The second-order valence-electron chi connectivity index (χ2n) is 7.75. The molecule has 7 nitrogen and oxygen atoms in total. The summed E-state index contributed by atoms with van der Waals surface area (Å²) in [6, 6.07) is 20.9. The van der Waals surface area contributed by atoms with Crippen LogP contribution in [0.1, 0.15) is 35.6 Å². The second-order valence-corrected chi connectivity index (χ2v) is 7.75. The molecular weight excluding hydrogens is 430 g/mol. The molecule has 0 fully saturated rings. The van der Waals surface area contributed by atoms with Crippen molar-refractivity contribution in [3.8, 4) is 11.5 Å². The number of carbonyl (C=O) groups excluding carboxylic acids is 2. The van der Waals surface area contributed by atoms with E-state index in [1.165, 1.54) is 11.8 Å². The monoisotopic (exact) mass is 459 g/mol. The summed E-state index contributed by atoms with van der Waals surface area (Å²) >= 11 is 0. The number of hydrazone groups is 1. The summed E-state index contributed by atoms with van der Waals surface area (Å²) in [4.78, 5) is 24.1. The fourth-order valence-corrected chi connectivity index (χ4v) is 3.23. The first-order valence-corrected chi connectivity index (χ1v) is 11.1. The van der Waals surface area contributed by atoms with Gasteiger partial charge >= 0.3 is 0 Å². The van der Waals surface area contributed by atoms with E-state index in [0.717, 1.165) is 16.7 Å². The van der Waals surface area contributed by atoms with Crippen molar-refractivity contribution in [2.75, 3.05) is 11.9 Å². The van der Waals surface area contributed by atoms with Crippen molar-refractivity contribution in [1.82, 2.24) is 5.43 Å². The predicted octanol–water partition coefficient (Wildman–Crippen LogP) is 4.76. The molecule has 176 valence electrons. The number of anilines is 1. The zero-order chi connectivity index (χ0) is 24.3. The predicted molar refractivity (Wildman–Crippen MR) is 133 cm³/mol. The van der Waals surface area contributed by atoms with Gasteiger partial charge in [0.1, 0.15) is 13.0 Å². The van der Waals surface area contributed by atoms with Crippen LogP contribution in [0, 0.1) is 13.8 Å². The van der Waals surface area contributed by atoms with Gasteiger partial charge in [-0.1, -0.05) is 48.0 Å². The Kier molecular flexibility index (Phi) is 8.80. The van der Waals surface area contributed by atoms with Gasteiger partial charge in [0.2, 0.25) is 11.8 Å². The van der Waals surface area contributed by atoms with Crippen LogP contribution in [0.15, 0.2) is 71.8 Å².